The number of halogens is 3. The summed E-state index contributed by atoms with van der Waals surface area (Å²) in [4.78, 5) is 25.3. The first kappa shape index (κ1) is 18.5. The number of hydrogen-bond donors (Lipinski definition) is 1. The smallest absolute Gasteiger partial charge is 0.254 e. The second kappa shape index (κ2) is 7.83. The van der Waals surface area contributed by atoms with E-state index in [1.807, 2.05) is 19.1 Å². The SMILES string of the molecule is CC(=O)N(CCNC(=O)c1ccc(F)c(F)c1F)c1ccccc1C. The van der Waals surface area contributed by atoms with Crippen LogP contribution in [0.4, 0.5) is 18.9 Å². The van der Waals surface area contributed by atoms with Gasteiger partial charge in [-0.1, -0.05) is 18.2 Å². The fraction of sp³-hybridized carbons (Fsp3) is 0.222. The summed E-state index contributed by atoms with van der Waals surface area (Å²) < 4.78 is 39.7. The highest BCUT2D eigenvalue weighted by molar-refractivity contribution is 5.95. The lowest BCUT2D eigenvalue weighted by Crippen LogP contribution is -2.38. The third kappa shape index (κ3) is 4.17. The largest absolute Gasteiger partial charge is 0.350 e. The van der Waals surface area contributed by atoms with Crippen molar-refractivity contribution in [1.82, 2.24) is 5.32 Å². The Labute approximate surface area is 143 Å². The molecule has 7 heteroatoms. The molecule has 132 valence electrons. The summed E-state index contributed by atoms with van der Waals surface area (Å²) in [7, 11) is 0. The molecule has 2 aromatic rings. The third-order valence-electron chi connectivity index (χ3n) is 3.69. The van der Waals surface area contributed by atoms with Crippen LogP contribution in [0.3, 0.4) is 0 Å². The summed E-state index contributed by atoms with van der Waals surface area (Å²) in [5, 5.41) is 2.40. The normalized spacial score (nSPS) is 10.4. The summed E-state index contributed by atoms with van der Waals surface area (Å²) in [5.41, 5.74) is 0.989. The highest BCUT2D eigenvalue weighted by Gasteiger charge is 2.19. The van der Waals surface area contributed by atoms with Gasteiger partial charge in [-0.2, -0.15) is 0 Å². The van der Waals surface area contributed by atoms with Crippen LogP contribution in [0.1, 0.15) is 22.8 Å². The summed E-state index contributed by atoms with van der Waals surface area (Å²) in [6, 6.07) is 8.79. The summed E-state index contributed by atoms with van der Waals surface area (Å²) in [5.74, 6) is -5.71. The molecule has 0 heterocycles. The van der Waals surface area contributed by atoms with Gasteiger partial charge in [0.25, 0.3) is 5.91 Å². The maximum Gasteiger partial charge on any atom is 0.254 e. The van der Waals surface area contributed by atoms with Crippen LogP contribution in [-0.4, -0.2) is 24.9 Å². The van der Waals surface area contributed by atoms with Gasteiger partial charge < -0.3 is 10.2 Å². The monoisotopic (exact) mass is 350 g/mol. The molecule has 25 heavy (non-hydrogen) atoms. The van der Waals surface area contributed by atoms with E-state index < -0.39 is 28.9 Å². The van der Waals surface area contributed by atoms with Crippen LogP contribution >= 0.6 is 0 Å². The number of amides is 2. The van der Waals surface area contributed by atoms with Gasteiger partial charge in [-0.05, 0) is 30.7 Å². The van der Waals surface area contributed by atoms with Gasteiger partial charge in [0.1, 0.15) is 0 Å². The number of rotatable bonds is 5. The summed E-state index contributed by atoms with van der Waals surface area (Å²) in [6.45, 7) is 3.41. The molecule has 0 aromatic heterocycles. The minimum absolute atomic E-state index is 0.0190. The molecule has 0 saturated heterocycles. The van der Waals surface area contributed by atoms with Crippen molar-refractivity contribution in [1.29, 1.82) is 0 Å². The van der Waals surface area contributed by atoms with Gasteiger partial charge in [-0.15, -0.1) is 0 Å². The van der Waals surface area contributed by atoms with Gasteiger partial charge in [0.2, 0.25) is 5.91 Å². The Bertz CT molecular complexity index is 809. The van der Waals surface area contributed by atoms with Crippen molar-refractivity contribution < 1.29 is 22.8 Å². The zero-order valence-corrected chi connectivity index (χ0v) is 13.8. The van der Waals surface area contributed by atoms with E-state index in [1.54, 1.807) is 12.1 Å². The van der Waals surface area contributed by atoms with Crippen molar-refractivity contribution in [2.45, 2.75) is 13.8 Å². The van der Waals surface area contributed by atoms with Gasteiger partial charge in [-0.3, -0.25) is 9.59 Å². The Morgan fingerprint density at radius 2 is 1.72 bits per heavy atom. The van der Waals surface area contributed by atoms with Crippen molar-refractivity contribution in [2.75, 3.05) is 18.0 Å². The first-order chi connectivity index (χ1) is 11.8. The molecule has 0 aliphatic rings. The van der Waals surface area contributed by atoms with E-state index in [1.165, 1.54) is 11.8 Å². The van der Waals surface area contributed by atoms with Crippen molar-refractivity contribution in [3.8, 4) is 0 Å². The Morgan fingerprint density at radius 1 is 1.04 bits per heavy atom. The number of benzene rings is 2. The second-order valence-electron chi connectivity index (χ2n) is 5.44. The highest BCUT2D eigenvalue weighted by Crippen LogP contribution is 2.19. The number of para-hydroxylation sites is 1. The van der Waals surface area contributed by atoms with E-state index in [9.17, 15) is 22.8 Å². The zero-order chi connectivity index (χ0) is 18.6. The molecule has 4 nitrogen and oxygen atoms in total. The predicted octanol–water partition coefficient (Wildman–Crippen LogP) is 3.20. The van der Waals surface area contributed by atoms with E-state index in [0.29, 0.717) is 11.8 Å². The molecule has 0 aliphatic heterocycles. The number of nitrogens with one attached hydrogen (secondary N) is 1. The van der Waals surface area contributed by atoms with Crippen molar-refractivity contribution in [3.05, 3.63) is 65.0 Å². The minimum atomic E-state index is -1.70. The number of anilines is 1. The van der Waals surface area contributed by atoms with Crippen LogP contribution in [0, 0.1) is 24.4 Å². The van der Waals surface area contributed by atoms with E-state index in [-0.39, 0.29) is 19.0 Å². The minimum Gasteiger partial charge on any atom is -0.350 e. The molecule has 0 spiro atoms. The summed E-state index contributed by atoms with van der Waals surface area (Å²) >= 11 is 0. The number of carbonyl (C=O) groups excluding carboxylic acids is 2. The molecule has 2 rings (SSSR count). The van der Waals surface area contributed by atoms with Gasteiger partial charge >= 0.3 is 0 Å². The van der Waals surface area contributed by atoms with E-state index in [0.717, 1.165) is 11.6 Å². The first-order valence-corrected chi connectivity index (χ1v) is 7.58. The van der Waals surface area contributed by atoms with Crippen LogP contribution in [0.15, 0.2) is 36.4 Å². The molecule has 2 aromatic carbocycles. The Balaban J connectivity index is 2.06. The lowest BCUT2D eigenvalue weighted by Gasteiger charge is -2.23. The van der Waals surface area contributed by atoms with E-state index in [2.05, 4.69) is 5.32 Å². The van der Waals surface area contributed by atoms with Crippen molar-refractivity contribution in [3.63, 3.8) is 0 Å². The molecule has 0 atom stereocenters. The average molecular weight is 350 g/mol. The predicted molar refractivity (Wildman–Crippen MR) is 87.9 cm³/mol. The molecule has 0 radical (unpaired) electrons. The molecule has 2 amide bonds. The van der Waals surface area contributed by atoms with Gasteiger partial charge in [0, 0.05) is 25.7 Å². The number of nitrogens with zero attached hydrogens (tertiary/aromatic N) is 1. The Morgan fingerprint density at radius 3 is 2.36 bits per heavy atom. The molecule has 0 fully saturated rings. The Hall–Kier alpha value is -2.83. The second-order valence-corrected chi connectivity index (χ2v) is 5.44. The Kier molecular flexibility index (Phi) is 5.80. The van der Waals surface area contributed by atoms with E-state index >= 15 is 0 Å². The fourth-order valence-electron chi connectivity index (χ4n) is 2.39. The fourth-order valence-corrected chi connectivity index (χ4v) is 2.39. The molecule has 1 N–H and O–H groups in total. The molecular weight excluding hydrogens is 333 g/mol. The van der Waals surface area contributed by atoms with Crippen molar-refractivity contribution >= 4 is 17.5 Å². The zero-order valence-electron chi connectivity index (χ0n) is 13.8. The lowest BCUT2D eigenvalue weighted by atomic mass is 10.1. The quantitative estimate of drug-likeness (QED) is 0.842. The topological polar surface area (TPSA) is 49.4 Å². The molecule has 0 saturated carbocycles. The molecule has 0 aliphatic carbocycles. The molecular formula is C18H17F3N2O2. The van der Waals surface area contributed by atoms with Crippen molar-refractivity contribution in [2.24, 2.45) is 0 Å². The van der Waals surface area contributed by atoms with Gasteiger partial charge in [0.05, 0.1) is 5.56 Å². The van der Waals surface area contributed by atoms with Crippen LogP contribution in [0.5, 0.6) is 0 Å². The van der Waals surface area contributed by atoms with Crippen LogP contribution < -0.4 is 10.2 Å². The van der Waals surface area contributed by atoms with Crippen LogP contribution in [0.25, 0.3) is 0 Å². The number of carbonyl (C=O) groups is 2. The third-order valence-corrected chi connectivity index (χ3v) is 3.69. The van der Waals surface area contributed by atoms with Crippen LogP contribution in [0.2, 0.25) is 0 Å². The van der Waals surface area contributed by atoms with Crippen LogP contribution in [-0.2, 0) is 4.79 Å². The molecule has 0 unspecified atom stereocenters. The maximum absolute atomic E-state index is 13.6. The van der Waals surface area contributed by atoms with E-state index in [4.69, 9.17) is 0 Å². The average Bonchev–Trinajstić information content (AvgIpc) is 2.57. The lowest BCUT2D eigenvalue weighted by molar-refractivity contribution is -0.116. The van der Waals surface area contributed by atoms with Gasteiger partial charge in [-0.25, -0.2) is 13.2 Å². The summed E-state index contributed by atoms with van der Waals surface area (Å²) in [6.07, 6.45) is 0. The standard InChI is InChI=1S/C18H17F3N2O2/c1-11-5-3-4-6-15(11)23(12(2)24)10-9-22-18(25)13-7-8-14(19)17(21)16(13)20/h3-8H,9-10H2,1-2H3,(H,22,25). The first-order valence-electron chi connectivity index (χ1n) is 7.58. The highest BCUT2D eigenvalue weighted by atomic mass is 19.2. The van der Waals surface area contributed by atoms with Gasteiger partial charge in [0.15, 0.2) is 17.5 Å². The molecule has 0 bridgehead atoms. The number of aryl methyl sites for hydroxylation is 1. The maximum atomic E-state index is 13.6. The number of hydrogen-bond acceptors (Lipinski definition) is 2.